The van der Waals surface area contributed by atoms with Gasteiger partial charge >= 0.3 is 5.97 Å². The van der Waals surface area contributed by atoms with E-state index in [1.165, 1.54) is 11.3 Å². The van der Waals surface area contributed by atoms with Crippen LogP contribution in [0.15, 0.2) is 80.1 Å². The molecular formula is C30H28BrN3O4S. The summed E-state index contributed by atoms with van der Waals surface area (Å²) in [5, 5.41) is 0. The predicted octanol–water partition coefficient (Wildman–Crippen LogP) is 4.98. The summed E-state index contributed by atoms with van der Waals surface area (Å²) in [4.78, 5) is 32.2. The number of thiazole rings is 1. The number of esters is 1. The van der Waals surface area contributed by atoms with Gasteiger partial charge in [-0.2, -0.15) is 0 Å². The molecule has 0 aliphatic carbocycles. The van der Waals surface area contributed by atoms with Crippen LogP contribution in [0.5, 0.6) is 5.75 Å². The fourth-order valence-electron chi connectivity index (χ4n) is 4.96. The summed E-state index contributed by atoms with van der Waals surface area (Å²) < 4.78 is 16.0. The van der Waals surface area contributed by atoms with Gasteiger partial charge in [0.05, 0.1) is 35.6 Å². The highest BCUT2D eigenvalue weighted by atomic mass is 79.9. The number of aryl methyl sites for hydroxylation is 1. The summed E-state index contributed by atoms with van der Waals surface area (Å²) >= 11 is 4.81. The number of fused-ring (bicyclic) bond motifs is 1. The van der Waals surface area contributed by atoms with Crippen molar-refractivity contribution in [2.75, 3.05) is 13.7 Å². The Bertz CT molecular complexity index is 1780. The lowest BCUT2D eigenvalue weighted by Gasteiger charge is -2.24. The quantitative estimate of drug-likeness (QED) is 0.291. The molecule has 1 unspecified atom stereocenters. The number of aromatic nitrogens is 2. The zero-order valence-corrected chi connectivity index (χ0v) is 24.7. The summed E-state index contributed by atoms with van der Waals surface area (Å²) in [6.45, 7) is 7.86. The van der Waals surface area contributed by atoms with Gasteiger partial charge in [0.15, 0.2) is 4.80 Å². The zero-order valence-electron chi connectivity index (χ0n) is 22.3. The van der Waals surface area contributed by atoms with Crippen LogP contribution in [0.4, 0.5) is 0 Å². The van der Waals surface area contributed by atoms with Crippen molar-refractivity contribution in [2.45, 2.75) is 33.7 Å². The van der Waals surface area contributed by atoms with Crippen molar-refractivity contribution in [1.82, 2.24) is 9.13 Å². The molecular weight excluding hydrogens is 578 g/mol. The highest BCUT2D eigenvalue weighted by Gasteiger charge is 2.33. The molecule has 4 aromatic rings. The van der Waals surface area contributed by atoms with Crippen LogP contribution in [-0.2, 0) is 9.53 Å². The smallest absolute Gasteiger partial charge is 0.338 e. The van der Waals surface area contributed by atoms with Crippen LogP contribution in [0.25, 0.3) is 11.8 Å². The number of benzene rings is 2. The van der Waals surface area contributed by atoms with Crippen LogP contribution in [-0.4, -0.2) is 28.8 Å². The van der Waals surface area contributed by atoms with Crippen LogP contribution in [0, 0.1) is 13.8 Å². The molecule has 1 aliphatic heterocycles. The van der Waals surface area contributed by atoms with E-state index in [1.54, 1.807) is 25.5 Å². The molecule has 0 bridgehead atoms. The SMILES string of the molecule is CCOC(=O)C1=C(C)N=c2s/c(=C\c3cc(C)n(-c4ccc(Br)cc4)c3C)c(=O)n2C1c1ccc(OC)cc1. The van der Waals surface area contributed by atoms with E-state index in [1.807, 2.05) is 56.3 Å². The number of hydrogen-bond acceptors (Lipinski definition) is 6. The lowest BCUT2D eigenvalue weighted by Crippen LogP contribution is -2.39. The molecule has 1 aliphatic rings. The highest BCUT2D eigenvalue weighted by Crippen LogP contribution is 2.31. The van der Waals surface area contributed by atoms with Crippen LogP contribution >= 0.6 is 27.3 Å². The van der Waals surface area contributed by atoms with Crippen LogP contribution in [0.2, 0.25) is 0 Å². The van der Waals surface area contributed by atoms with Gasteiger partial charge in [0.1, 0.15) is 5.75 Å². The average molecular weight is 607 g/mol. The van der Waals surface area contributed by atoms with Crippen molar-refractivity contribution in [2.24, 2.45) is 4.99 Å². The highest BCUT2D eigenvalue weighted by molar-refractivity contribution is 9.10. The van der Waals surface area contributed by atoms with Gasteiger partial charge in [-0.3, -0.25) is 9.36 Å². The largest absolute Gasteiger partial charge is 0.497 e. The second-order valence-electron chi connectivity index (χ2n) is 9.21. The fraction of sp³-hybridized carbons (Fsp3) is 0.233. The van der Waals surface area contributed by atoms with E-state index < -0.39 is 12.0 Å². The number of carbonyl (C=O) groups excluding carboxylic acids is 1. The molecule has 0 saturated heterocycles. The molecule has 0 spiro atoms. The number of allylic oxidation sites excluding steroid dienone is 1. The van der Waals surface area contributed by atoms with Crippen molar-refractivity contribution in [3.8, 4) is 11.4 Å². The Balaban J connectivity index is 1.68. The number of nitrogens with zero attached hydrogens (tertiary/aromatic N) is 3. The first kappa shape index (κ1) is 26.9. The van der Waals surface area contributed by atoms with E-state index in [2.05, 4.69) is 43.7 Å². The van der Waals surface area contributed by atoms with E-state index in [9.17, 15) is 9.59 Å². The lowest BCUT2D eigenvalue weighted by atomic mass is 9.96. The number of carbonyl (C=O) groups is 1. The monoisotopic (exact) mass is 605 g/mol. The number of ether oxygens (including phenoxy) is 2. The van der Waals surface area contributed by atoms with Gasteiger partial charge in [0, 0.05) is 21.5 Å². The predicted molar refractivity (Wildman–Crippen MR) is 156 cm³/mol. The van der Waals surface area contributed by atoms with Gasteiger partial charge in [-0.05, 0) is 87.4 Å². The maximum absolute atomic E-state index is 13.9. The van der Waals surface area contributed by atoms with Crippen molar-refractivity contribution in [3.63, 3.8) is 0 Å². The third-order valence-electron chi connectivity index (χ3n) is 6.79. The molecule has 0 saturated carbocycles. The second kappa shape index (κ2) is 10.8. The first-order valence-electron chi connectivity index (χ1n) is 12.5. The van der Waals surface area contributed by atoms with Crippen LogP contribution in [0.3, 0.4) is 0 Å². The topological polar surface area (TPSA) is 74.8 Å². The van der Waals surface area contributed by atoms with Crippen LogP contribution < -0.4 is 19.6 Å². The first-order chi connectivity index (χ1) is 18.7. The maximum Gasteiger partial charge on any atom is 0.338 e. The molecule has 0 fully saturated rings. The van der Waals surface area contributed by atoms with Crippen molar-refractivity contribution in [3.05, 3.63) is 113 Å². The Labute approximate surface area is 238 Å². The Morgan fingerprint density at radius 3 is 2.44 bits per heavy atom. The summed E-state index contributed by atoms with van der Waals surface area (Å²) in [6.07, 6.45) is 1.91. The number of hydrogen-bond donors (Lipinski definition) is 0. The summed E-state index contributed by atoms with van der Waals surface area (Å²) in [7, 11) is 1.60. The number of halogens is 1. The molecule has 0 N–H and O–H groups in total. The maximum atomic E-state index is 13.9. The Morgan fingerprint density at radius 2 is 1.79 bits per heavy atom. The van der Waals surface area contributed by atoms with Gasteiger partial charge in [-0.15, -0.1) is 0 Å². The molecule has 39 heavy (non-hydrogen) atoms. The van der Waals surface area contributed by atoms with E-state index >= 15 is 0 Å². The second-order valence-corrected chi connectivity index (χ2v) is 11.1. The van der Waals surface area contributed by atoms with Gasteiger partial charge in [0.25, 0.3) is 5.56 Å². The average Bonchev–Trinajstić information content (AvgIpc) is 3.38. The number of methoxy groups -OCH3 is 1. The van der Waals surface area contributed by atoms with E-state index in [-0.39, 0.29) is 12.2 Å². The molecule has 200 valence electrons. The number of rotatable bonds is 6. The molecule has 1 atom stereocenters. The standard InChI is InChI=1S/C30H28BrN3O4S/c1-6-38-29(36)26-18(3)32-30-34(27(26)20-7-13-24(37-5)14-8-20)28(35)25(39-30)16-21-15-17(2)33(19(21)4)23-11-9-22(31)10-12-23/h7-16,27H,6H2,1-5H3/b25-16-. The van der Waals surface area contributed by atoms with E-state index in [4.69, 9.17) is 9.47 Å². The van der Waals surface area contributed by atoms with E-state index in [0.717, 1.165) is 32.7 Å². The first-order valence-corrected chi connectivity index (χ1v) is 14.1. The summed E-state index contributed by atoms with van der Waals surface area (Å²) in [6, 6.07) is 16.9. The Kier molecular flexibility index (Phi) is 7.46. The van der Waals surface area contributed by atoms with Gasteiger partial charge in [-0.1, -0.05) is 39.4 Å². The molecule has 2 aromatic carbocycles. The molecule has 2 aromatic heterocycles. The van der Waals surface area contributed by atoms with Crippen molar-refractivity contribution in [1.29, 1.82) is 0 Å². The third-order valence-corrected chi connectivity index (χ3v) is 8.30. The van der Waals surface area contributed by atoms with Crippen molar-refractivity contribution >= 4 is 39.3 Å². The van der Waals surface area contributed by atoms with Gasteiger partial charge in [0.2, 0.25) is 0 Å². The Morgan fingerprint density at radius 1 is 1.10 bits per heavy atom. The van der Waals surface area contributed by atoms with Gasteiger partial charge < -0.3 is 14.0 Å². The minimum absolute atomic E-state index is 0.206. The third kappa shape index (κ3) is 4.92. The van der Waals surface area contributed by atoms with Crippen molar-refractivity contribution < 1.29 is 14.3 Å². The summed E-state index contributed by atoms with van der Waals surface area (Å²) in [5.41, 5.74) is 5.54. The minimum Gasteiger partial charge on any atom is -0.497 e. The molecule has 9 heteroatoms. The zero-order chi connectivity index (χ0) is 27.8. The Hall–Kier alpha value is -3.69. The van der Waals surface area contributed by atoms with Gasteiger partial charge in [-0.25, -0.2) is 9.79 Å². The lowest BCUT2D eigenvalue weighted by molar-refractivity contribution is -0.139. The molecule has 5 rings (SSSR count). The van der Waals surface area contributed by atoms with E-state index in [0.29, 0.717) is 26.4 Å². The summed E-state index contributed by atoms with van der Waals surface area (Å²) in [5.74, 6) is 0.206. The molecule has 3 heterocycles. The molecule has 0 amide bonds. The van der Waals surface area contributed by atoms with Crippen LogP contribution in [0.1, 0.15) is 42.4 Å². The molecule has 7 nitrogen and oxygen atoms in total. The minimum atomic E-state index is -0.663. The fourth-order valence-corrected chi connectivity index (χ4v) is 6.26. The molecule has 0 radical (unpaired) electrons. The normalized spacial score (nSPS) is 15.2.